The maximum absolute atomic E-state index is 5.03. The Kier molecular flexibility index (Phi) is 6.40. The van der Waals surface area contributed by atoms with Crippen LogP contribution in [0, 0.1) is 5.92 Å². The Balaban J connectivity index is 1.91. The number of nitrogens with zero attached hydrogens (tertiary/aromatic N) is 2. The summed E-state index contributed by atoms with van der Waals surface area (Å²) in [6, 6.07) is 2.00. The molecule has 1 aromatic rings. The van der Waals surface area contributed by atoms with E-state index in [0.717, 1.165) is 37.1 Å². The molecule has 0 saturated heterocycles. The third kappa shape index (κ3) is 4.53. The van der Waals surface area contributed by atoms with Crippen LogP contribution in [-0.4, -0.2) is 30.2 Å². The molecule has 2 rings (SSSR count). The van der Waals surface area contributed by atoms with E-state index >= 15 is 0 Å². The van der Waals surface area contributed by atoms with Gasteiger partial charge in [0, 0.05) is 32.3 Å². The highest BCUT2D eigenvalue weighted by molar-refractivity contribution is 5.06. The smallest absolute Gasteiger partial charge is 0.131 e. The van der Waals surface area contributed by atoms with Crippen molar-refractivity contribution in [1.82, 2.24) is 15.3 Å². The van der Waals surface area contributed by atoms with Gasteiger partial charge in [0.15, 0.2) is 0 Å². The summed E-state index contributed by atoms with van der Waals surface area (Å²) < 4.78 is 5.03. The molecular formula is C16H27N3O. The van der Waals surface area contributed by atoms with Crippen molar-refractivity contribution in [3.63, 3.8) is 0 Å². The van der Waals surface area contributed by atoms with Crippen LogP contribution in [0.1, 0.15) is 56.5 Å². The summed E-state index contributed by atoms with van der Waals surface area (Å²) in [5, 5.41) is 3.34. The first kappa shape index (κ1) is 15.4. The van der Waals surface area contributed by atoms with E-state index in [2.05, 4.69) is 17.2 Å². The number of aromatic nitrogens is 2. The molecule has 1 fully saturated rings. The van der Waals surface area contributed by atoms with Gasteiger partial charge >= 0.3 is 0 Å². The molecular weight excluding hydrogens is 250 g/mol. The molecule has 1 aliphatic rings. The Labute approximate surface area is 122 Å². The summed E-state index contributed by atoms with van der Waals surface area (Å²) in [5.41, 5.74) is 1.09. The van der Waals surface area contributed by atoms with Gasteiger partial charge in [0.2, 0.25) is 0 Å². The van der Waals surface area contributed by atoms with Gasteiger partial charge in [-0.3, -0.25) is 0 Å². The molecule has 20 heavy (non-hydrogen) atoms. The average molecular weight is 277 g/mol. The quantitative estimate of drug-likeness (QED) is 0.779. The van der Waals surface area contributed by atoms with Gasteiger partial charge in [-0.1, -0.05) is 26.2 Å². The Morgan fingerprint density at radius 3 is 3.10 bits per heavy atom. The lowest BCUT2D eigenvalue weighted by molar-refractivity contribution is 0.199. The van der Waals surface area contributed by atoms with Crippen LogP contribution in [0.4, 0.5) is 0 Å². The zero-order valence-electron chi connectivity index (χ0n) is 12.8. The van der Waals surface area contributed by atoms with E-state index in [-0.39, 0.29) is 0 Å². The van der Waals surface area contributed by atoms with Crippen molar-refractivity contribution in [3.8, 4) is 0 Å². The monoisotopic (exact) mass is 277 g/mol. The fourth-order valence-corrected chi connectivity index (χ4v) is 3.00. The van der Waals surface area contributed by atoms with Gasteiger partial charge in [-0.05, 0) is 24.8 Å². The molecule has 0 aliphatic heterocycles. The maximum atomic E-state index is 5.03. The summed E-state index contributed by atoms with van der Waals surface area (Å²) in [4.78, 5) is 9.26. The van der Waals surface area contributed by atoms with Crippen LogP contribution in [-0.2, 0) is 11.3 Å². The van der Waals surface area contributed by atoms with Gasteiger partial charge < -0.3 is 10.1 Å². The Morgan fingerprint density at radius 2 is 2.30 bits per heavy atom. The minimum Gasteiger partial charge on any atom is -0.383 e. The van der Waals surface area contributed by atoms with E-state index in [1.165, 1.54) is 32.1 Å². The van der Waals surface area contributed by atoms with Crippen LogP contribution in [0.5, 0.6) is 0 Å². The minimum atomic E-state index is 0.563. The van der Waals surface area contributed by atoms with Crippen LogP contribution >= 0.6 is 0 Å². The van der Waals surface area contributed by atoms with Gasteiger partial charge in [0.05, 0.1) is 12.3 Å². The molecule has 0 spiro atoms. The molecule has 1 aliphatic carbocycles. The van der Waals surface area contributed by atoms with Crippen molar-refractivity contribution in [2.75, 3.05) is 20.3 Å². The van der Waals surface area contributed by atoms with Gasteiger partial charge in [-0.25, -0.2) is 9.97 Å². The second-order valence-corrected chi connectivity index (χ2v) is 5.71. The predicted octanol–water partition coefficient (Wildman–Crippen LogP) is 2.90. The van der Waals surface area contributed by atoms with E-state index in [4.69, 9.17) is 9.72 Å². The molecule has 0 bridgehead atoms. The molecule has 1 saturated carbocycles. The molecule has 0 aromatic carbocycles. The highest BCUT2D eigenvalue weighted by Gasteiger charge is 2.24. The number of hydrogen-bond acceptors (Lipinski definition) is 4. The standard InChI is InChI=1S/C16H27N3O/c1-3-13-5-4-6-14(11-13)16-18-8-7-15(19-16)12-17-9-10-20-2/h7-8,13-14,17H,3-6,9-12H2,1-2H3. The van der Waals surface area contributed by atoms with Crippen molar-refractivity contribution in [2.24, 2.45) is 5.92 Å². The minimum absolute atomic E-state index is 0.563. The maximum Gasteiger partial charge on any atom is 0.131 e. The van der Waals surface area contributed by atoms with Gasteiger partial charge in [0.1, 0.15) is 5.82 Å². The topological polar surface area (TPSA) is 47.0 Å². The molecule has 0 radical (unpaired) electrons. The van der Waals surface area contributed by atoms with Gasteiger partial charge in [-0.2, -0.15) is 0 Å². The Hall–Kier alpha value is -1.00. The number of hydrogen-bond donors (Lipinski definition) is 1. The van der Waals surface area contributed by atoms with Crippen LogP contribution in [0.2, 0.25) is 0 Å². The molecule has 4 heteroatoms. The highest BCUT2D eigenvalue weighted by Crippen LogP contribution is 2.35. The third-order valence-electron chi connectivity index (χ3n) is 4.25. The average Bonchev–Trinajstić information content (AvgIpc) is 2.52. The molecule has 4 nitrogen and oxygen atoms in total. The van der Waals surface area contributed by atoms with Crippen molar-refractivity contribution in [2.45, 2.75) is 51.5 Å². The van der Waals surface area contributed by atoms with E-state index in [1.807, 2.05) is 12.3 Å². The number of rotatable bonds is 7. The van der Waals surface area contributed by atoms with Crippen LogP contribution in [0.25, 0.3) is 0 Å². The zero-order chi connectivity index (χ0) is 14.2. The highest BCUT2D eigenvalue weighted by atomic mass is 16.5. The molecule has 112 valence electrons. The second kappa shape index (κ2) is 8.32. The zero-order valence-corrected chi connectivity index (χ0v) is 12.8. The first-order valence-corrected chi connectivity index (χ1v) is 7.85. The van der Waals surface area contributed by atoms with E-state index in [9.17, 15) is 0 Å². The van der Waals surface area contributed by atoms with Crippen LogP contribution < -0.4 is 5.32 Å². The van der Waals surface area contributed by atoms with Crippen molar-refractivity contribution in [3.05, 3.63) is 23.8 Å². The van der Waals surface area contributed by atoms with Crippen LogP contribution in [0.3, 0.4) is 0 Å². The molecule has 1 aromatic heterocycles. The number of ether oxygens (including phenoxy) is 1. The second-order valence-electron chi connectivity index (χ2n) is 5.71. The molecule has 1 N–H and O–H groups in total. The van der Waals surface area contributed by atoms with Gasteiger partial charge in [-0.15, -0.1) is 0 Å². The summed E-state index contributed by atoms with van der Waals surface area (Å²) in [6.07, 6.45) is 8.40. The van der Waals surface area contributed by atoms with Crippen molar-refractivity contribution < 1.29 is 4.74 Å². The number of methoxy groups -OCH3 is 1. The Morgan fingerprint density at radius 1 is 1.40 bits per heavy atom. The van der Waals surface area contributed by atoms with E-state index in [0.29, 0.717) is 5.92 Å². The normalized spacial score (nSPS) is 22.9. The fourth-order valence-electron chi connectivity index (χ4n) is 3.00. The lowest BCUT2D eigenvalue weighted by Crippen LogP contribution is -2.20. The first-order valence-electron chi connectivity index (χ1n) is 7.85. The third-order valence-corrected chi connectivity index (χ3v) is 4.25. The summed E-state index contributed by atoms with van der Waals surface area (Å²) >= 11 is 0. The van der Waals surface area contributed by atoms with Gasteiger partial charge in [0.25, 0.3) is 0 Å². The summed E-state index contributed by atoms with van der Waals surface area (Å²) in [5.74, 6) is 2.47. The summed E-state index contributed by atoms with van der Waals surface area (Å²) in [7, 11) is 1.72. The molecule has 2 unspecified atom stereocenters. The molecule has 0 amide bonds. The van der Waals surface area contributed by atoms with E-state index < -0.39 is 0 Å². The number of nitrogens with one attached hydrogen (secondary N) is 1. The largest absolute Gasteiger partial charge is 0.383 e. The van der Waals surface area contributed by atoms with E-state index in [1.54, 1.807) is 7.11 Å². The lowest BCUT2D eigenvalue weighted by atomic mass is 9.80. The molecule has 2 atom stereocenters. The Bertz CT molecular complexity index is 397. The lowest BCUT2D eigenvalue weighted by Gasteiger charge is -2.27. The SMILES string of the molecule is CCC1CCCC(c2nccc(CNCCOC)n2)C1. The molecule has 1 heterocycles. The van der Waals surface area contributed by atoms with Crippen LogP contribution in [0.15, 0.2) is 12.3 Å². The first-order chi connectivity index (χ1) is 9.83. The summed E-state index contributed by atoms with van der Waals surface area (Å²) in [6.45, 7) is 4.68. The van der Waals surface area contributed by atoms with Crippen molar-refractivity contribution in [1.29, 1.82) is 0 Å². The fraction of sp³-hybridized carbons (Fsp3) is 0.750. The van der Waals surface area contributed by atoms with Crippen molar-refractivity contribution >= 4 is 0 Å². The predicted molar refractivity (Wildman–Crippen MR) is 80.6 cm³/mol.